The molecule has 0 aliphatic heterocycles. The summed E-state index contributed by atoms with van der Waals surface area (Å²) in [4.78, 5) is 0. The fourth-order valence-electron chi connectivity index (χ4n) is 4.00. The summed E-state index contributed by atoms with van der Waals surface area (Å²) in [5.74, 6) is 0.925. The summed E-state index contributed by atoms with van der Waals surface area (Å²) in [6, 6.07) is 22.3. The Morgan fingerprint density at radius 1 is 0.545 bits per heavy atom. The molecule has 0 heteroatoms. The lowest BCUT2D eigenvalue weighted by molar-refractivity contribution is 0.721. The zero-order chi connectivity index (χ0) is 14.5. The van der Waals surface area contributed by atoms with Crippen molar-refractivity contribution in [3.8, 4) is 11.1 Å². The molecule has 2 aliphatic rings. The second kappa shape index (κ2) is 4.45. The van der Waals surface area contributed by atoms with Crippen LogP contribution in [0.3, 0.4) is 0 Å². The van der Waals surface area contributed by atoms with Crippen LogP contribution in [-0.4, -0.2) is 0 Å². The Hall–Kier alpha value is -2.60. The molecule has 0 saturated heterocycles. The van der Waals surface area contributed by atoms with Crippen molar-refractivity contribution in [3.63, 3.8) is 0 Å². The minimum absolute atomic E-state index is 0.458. The molecule has 0 nitrogen and oxygen atoms in total. The lowest BCUT2D eigenvalue weighted by Crippen LogP contribution is -2.16. The largest absolute Gasteiger partial charge is 0.0761 e. The van der Waals surface area contributed by atoms with Gasteiger partial charge in [0.2, 0.25) is 0 Å². The molecule has 104 valence electrons. The van der Waals surface area contributed by atoms with Crippen LogP contribution >= 0.6 is 0 Å². The third-order valence-electron chi connectivity index (χ3n) is 5.02. The third kappa shape index (κ3) is 1.58. The predicted octanol–water partition coefficient (Wildman–Crippen LogP) is 5.81. The molecule has 2 aliphatic carbocycles. The van der Waals surface area contributed by atoms with E-state index < -0.39 is 0 Å². The SMILES string of the molecule is C1=CC2c3ccccc3-c3cc4ccccc4cc3C2C=C1. The van der Waals surface area contributed by atoms with Crippen molar-refractivity contribution in [1.29, 1.82) is 0 Å². The summed E-state index contributed by atoms with van der Waals surface area (Å²) >= 11 is 0. The molecule has 0 bridgehead atoms. The molecule has 3 aromatic rings. The zero-order valence-corrected chi connectivity index (χ0v) is 12.2. The topological polar surface area (TPSA) is 0 Å². The Balaban J connectivity index is 1.89. The molecule has 0 fully saturated rings. The fraction of sp³-hybridized carbons (Fsp3) is 0.0909. The summed E-state index contributed by atoms with van der Waals surface area (Å²) in [7, 11) is 0. The van der Waals surface area contributed by atoms with E-state index in [4.69, 9.17) is 0 Å². The van der Waals surface area contributed by atoms with Gasteiger partial charge in [0.15, 0.2) is 0 Å². The van der Waals surface area contributed by atoms with Gasteiger partial charge in [0.25, 0.3) is 0 Å². The minimum atomic E-state index is 0.458. The number of hydrogen-bond donors (Lipinski definition) is 0. The molecule has 5 rings (SSSR count). The molecule has 3 aromatic carbocycles. The molecule has 2 atom stereocenters. The number of benzene rings is 3. The highest BCUT2D eigenvalue weighted by molar-refractivity contribution is 5.91. The third-order valence-corrected chi connectivity index (χ3v) is 5.02. The van der Waals surface area contributed by atoms with Gasteiger partial charge < -0.3 is 0 Å². The van der Waals surface area contributed by atoms with Gasteiger partial charge in [-0.25, -0.2) is 0 Å². The molecule has 0 saturated carbocycles. The van der Waals surface area contributed by atoms with E-state index in [2.05, 4.69) is 85.0 Å². The van der Waals surface area contributed by atoms with Crippen molar-refractivity contribution in [2.45, 2.75) is 11.8 Å². The van der Waals surface area contributed by atoms with E-state index in [-0.39, 0.29) is 0 Å². The Morgan fingerprint density at radius 2 is 1.18 bits per heavy atom. The van der Waals surface area contributed by atoms with Crippen molar-refractivity contribution in [1.82, 2.24) is 0 Å². The number of fused-ring (bicyclic) bond motifs is 7. The molecular formula is C22H16. The first-order valence-electron chi connectivity index (χ1n) is 7.89. The lowest BCUT2D eigenvalue weighted by atomic mass is 9.69. The summed E-state index contributed by atoms with van der Waals surface area (Å²) < 4.78 is 0. The van der Waals surface area contributed by atoms with Crippen LogP contribution in [0.25, 0.3) is 21.9 Å². The maximum Gasteiger partial charge on any atom is 0.0131 e. The molecule has 22 heavy (non-hydrogen) atoms. The molecule has 0 N–H and O–H groups in total. The Bertz CT molecular complexity index is 943. The van der Waals surface area contributed by atoms with Crippen LogP contribution in [0.15, 0.2) is 85.0 Å². The average Bonchev–Trinajstić information content (AvgIpc) is 2.61. The minimum Gasteiger partial charge on any atom is -0.0761 e. The number of rotatable bonds is 0. The van der Waals surface area contributed by atoms with Crippen LogP contribution in [-0.2, 0) is 0 Å². The van der Waals surface area contributed by atoms with Crippen LogP contribution in [0.4, 0.5) is 0 Å². The van der Waals surface area contributed by atoms with Gasteiger partial charge >= 0.3 is 0 Å². The van der Waals surface area contributed by atoms with Crippen LogP contribution in [0.5, 0.6) is 0 Å². The first kappa shape index (κ1) is 12.0. The molecule has 0 spiro atoms. The highest BCUT2D eigenvalue weighted by Gasteiger charge is 2.31. The van der Waals surface area contributed by atoms with Crippen LogP contribution in [0, 0.1) is 0 Å². The number of allylic oxidation sites excluding steroid dienone is 4. The first-order valence-corrected chi connectivity index (χ1v) is 7.89. The van der Waals surface area contributed by atoms with Gasteiger partial charge in [-0.2, -0.15) is 0 Å². The quantitative estimate of drug-likeness (QED) is 0.487. The lowest BCUT2D eigenvalue weighted by Gasteiger charge is -2.34. The number of hydrogen-bond acceptors (Lipinski definition) is 0. The van der Waals surface area contributed by atoms with Gasteiger partial charge in [-0.3, -0.25) is 0 Å². The fourth-order valence-corrected chi connectivity index (χ4v) is 4.00. The monoisotopic (exact) mass is 280 g/mol. The maximum absolute atomic E-state index is 2.39. The van der Waals surface area contributed by atoms with E-state index in [0.717, 1.165) is 0 Å². The molecule has 2 unspecified atom stereocenters. The van der Waals surface area contributed by atoms with E-state index >= 15 is 0 Å². The predicted molar refractivity (Wildman–Crippen MR) is 93.1 cm³/mol. The van der Waals surface area contributed by atoms with E-state index in [9.17, 15) is 0 Å². The van der Waals surface area contributed by atoms with Crippen molar-refractivity contribution in [2.24, 2.45) is 0 Å². The van der Waals surface area contributed by atoms with E-state index in [0.29, 0.717) is 11.8 Å². The summed E-state index contributed by atoms with van der Waals surface area (Å²) in [6.07, 6.45) is 9.08. The van der Waals surface area contributed by atoms with Gasteiger partial charge in [0.1, 0.15) is 0 Å². The molecule has 0 aromatic heterocycles. The van der Waals surface area contributed by atoms with E-state index in [1.807, 2.05) is 0 Å². The summed E-state index contributed by atoms with van der Waals surface area (Å²) in [6.45, 7) is 0. The standard InChI is InChI=1S/C22H16/c1-2-8-16-14-22-20-12-6-4-10-18(20)17-9-3-5-11-19(17)21(22)13-15(16)7-1/h1-14,17,19H. The highest BCUT2D eigenvalue weighted by Crippen LogP contribution is 2.50. The summed E-state index contributed by atoms with van der Waals surface area (Å²) in [5.41, 5.74) is 5.71. The van der Waals surface area contributed by atoms with Crippen molar-refractivity contribution in [2.75, 3.05) is 0 Å². The normalized spacial score (nSPS) is 21.3. The smallest absolute Gasteiger partial charge is 0.0131 e. The van der Waals surface area contributed by atoms with Crippen molar-refractivity contribution in [3.05, 3.63) is 96.1 Å². The second-order valence-corrected chi connectivity index (χ2v) is 6.20. The van der Waals surface area contributed by atoms with Crippen molar-refractivity contribution >= 4 is 10.8 Å². The van der Waals surface area contributed by atoms with Gasteiger partial charge in [-0.05, 0) is 45.2 Å². The van der Waals surface area contributed by atoms with Crippen molar-refractivity contribution < 1.29 is 0 Å². The summed E-state index contributed by atoms with van der Waals surface area (Å²) in [5, 5.41) is 2.66. The van der Waals surface area contributed by atoms with Gasteiger partial charge in [-0.1, -0.05) is 72.8 Å². The van der Waals surface area contributed by atoms with E-state index in [1.165, 1.54) is 33.0 Å². The molecule has 0 heterocycles. The maximum atomic E-state index is 2.39. The van der Waals surface area contributed by atoms with Gasteiger partial charge in [-0.15, -0.1) is 0 Å². The molecular weight excluding hydrogens is 264 g/mol. The first-order chi connectivity index (χ1) is 10.9. The van der Waals surface area contributed by atoms with Crippen LogP contribution < -0.4 is 0 Å². The van der Waals surface area contributed by atoms with Gasteiger partial charge in [0.05, 0.1) is 0 Å². The second-order valence-electron chi connectivity index (χ2n) is 6.20. The molecule has 0 amide bonds. The van der Waals surface area contributed by atoms with E-state index in [1.54, 1.807) is 0 Å². The van der Waals surface area contributed by atoms with Gasteiger partial charge in [0, 0.05) is 11.8 Å². The Labute approximate surface area is 130 Å². The Kier molecular flexibility index (Phi) is 2.42. The van der Waals surface area contributed by atoms with Crippen LogP contribution in [0.2, 0.25) is 0 Å². The highest BCUT2D eigenvalue weighted by atomic mass is 14.3. The molecule has 0 radical (unpaired) electrons. The average molecular weight is 280 g/mol. The zero-order valence-electron chi connectivity index (χ0n) is 12.2. The Morgan fingerprint density at radius 3 is 2.00 bits per heavy atom. The van der Waals surface area contributed by atoms with Crippen LogP contribution in [0.1, 0.15) is 23.0 Å².